The van der Waals surface area contributed by atoms with Gasteiger partial charge in [-0.3, -0.25) is 14.5 Å². The first kappa shape index (κ1) is 13.3. The van der Waals surface area contributed by atoms with Crippen molar-refractivity contribution < 1.29 is 14.0 Å². The van der Waals surface area contributed by atoms with Crippen LogP contribution in [-0.4, -0.2) is 23.4 Å². The maximum atomic E-state index is 12.9. The predicted molar refractivity (Wildman–Crippen MR) is 81.4 cm³/mol. The average molecular weight is 312 g/mol. The third kappa shape index (κ3) is 1.76. The number of anilines is 1. The molecule has 4 nitrogen and oxygen atoms in total. The highest BCUT2D eigenvalue weighted by Crippen LogP contribution is 2.65. The molecule has 6 rings (SSSR count). The van der Waals surface area contributed by atoms with Gasteiger partial charge < -0.3 is 5.32 Å². The SMILES string of the molecule is O=C1[C@H]2[C@@H]3C=C[C@H]([C@@H]4C[C@H]34)[C@@H]2C(=O)N1CNc1ccc(F)cc1. The van der Waals surface area contributed by atoms with Crippen LogP contribution in [0.15, 0.2) is 36.4 Å². The Bertz CT molecular complexity index is 693. The molecule has 6 atom stereocenters. The molecule has 23 heavy (non-hydrogen) atoms. The van der Waals surface area contributed by atoms with E-state index in [2.05, 4.69) is 17.5 Å². The number of likely N-dealkylation sites (tertiary alicyclic amines) is 1. The number of rotatable bonds is 3. The minimum Gasteiger partial charge on any atom is -0.367 e. The fourth-order valence-corrected chi connectivity index (χ4v) is 4.91. The Labute approximate surface area is 133 Å². The number of carbonyl (C=O) groups is 2. The number of nitrogens with one attached hydrogen (secondary N) is 1. The van der Waals surface area contributed by atoms with Crippen molar-refractivity contribution in [3.05, 3.63) is 42.2 Å². The zero-order chi connectivity index (χ0) is 15.7. The molecule has 5 aliphatic rings. The molecule has 5 heteroatoms. The van der Waals surface area contributed by atoms with Gasteiger partial charge in [0.05, 0.1) is 18.5 Å². The second-order valence-corrected chi connectivity index (χ2v) is 7.10. The number of benzene rings is 1. The summed E-state index contributed by atoms with van der Waals surface area (Å²) in [5.41, 5.74) is 0.700. The van der Waals surface area contributed by atoms with Gasteiger partial charge in [0.15, 0.2) is 0 Å². The van der Waals surface area contributed by atoms with Crippen molar-refractivity contribution in [2.24, 2.45) is 35.5 Å². The molecule has 4 aliphatic carbocycles. The Morgan fingerprint density at radius 3 is 2.13 bits per heavy atom. The van der Waals surface area contributed by atoms with Gasteiger partial charge in [-0.1, -0.05) is 12.2 Å². The number of hydrogen-bond acceptors (Lipinski definition) is 3. The highest BCUT2D eigenvalue weighted by molar-refractivity contribution is 6.06. The number of carbonyl (C=O) groups excluding carboxylic acids is 2. The summed E-state index contributed by atoms with van der Waals surface area (Å²) in [6.07, 6.45) is 5.51. The van der Waals surface area contributed by atoms with E-state index in [1.54, 1.807) is 12.1 Å². The molecule has 0 radical (unpaired) electrons. The molecule has 2 saturated carbocycles. The lowest BCUT2D eigenvalue weighted by atomic mass is 9.63. The van der Waals surface area contributed by atoms with E-state index in [1.807, 2.05) is 0 Å². The topological polar surface area (TPSA) is 49.4 Å². The minimum absolute atomic E-state index is 0.0423. The predicted octanol–water partition coefficient (Wildman–Crippen LogP) is 2.25. The van der Waals surface area contributed by atoms with Crippen LogP contribution < -0.4 is 5.32 Å². The third-order valence-electron chi connectivity index (χ3n) is 6.04. The molecule has 1 aromatic rings. The number of hydrogen-bond donors (Lipinski definition) is 1. The highest BCUT2D eigenvalue weighted by atomic mass is 19.1. The maximum Gasteiger partial charge on any atom is 0.235 e. The highest BCUT2D eigenvalue weighted by Gasteiger charge is 2.66. The fraction of sp³-hybridized carbons (Fsp3) is 0.444. The molecule has 1 aliphatic heterocycles. The molecule has 0 spiro atoms. The number of allylic oxidation sites excluding steroid dienone is 2. The van der Waals surface area contributed by atoms with E-state index in [4.69, 9.17) is 0 Å². The first-order chi connectivity index (χ1) is 11.1. The standard InChI is InChI=1S/C18H17FN2O2/c19-9-1-3-10(4-2-9)20-8-21-17(22)15-11-5-6-12(14-7-13(11)14)16(15)18(21)23/h1-6,11-16,20H,7-8H2/t11-,12-,13-,14+,15+,16+/m1/s1. The number of amides is 2. The molecular formula is C18H17FN2O2. The lowest BCUT2D eigenvalue weighted by Crippen LogP contribution is -2.40. The van der Waals surface area contributed by atoms with E-state index in [1.165, 1.54) is 23.5 Å². The van der Waals surface area contributed by atoms with Crippen LogP contribution in [0.4, 0.5) is 10.1 Å². The zero-order valence-corrected chi connectivity index (χ0v) is 12.5. The summed E-state index contributed by atoms with van der Waals surface area (Å²) in [5, 5.41) is 3.05. The minimum atomic E-state index is -0.309. The zero-order valence-electron chi connectivity index (χ0n) is 12.5. The van der Waals surface area contributed by atoms with Crippen molar-refractivity contribution >= 4 is 17.5 Å². The molecule has 1 N–H and O–H groups in total. The van der Waals surface area contributed by atoms with E-state index in [-0.39, 0.29) is 48.0 Å². The van der Waals surface area contributed by atoms with Crippen molar-refractivity contribution in [2.75, 3.05) is 12.0 Å². The number of nitrogens with zero attached hydrogens (tertiary/aromatic N) is 1. The van der Waals surface area contributed by atoms with Gasteiger partial charge in [-0.15, -0.1) is 0 Å². The van der Waals surface area contributed by atoms with Crippen LogP contribution in [-0.2, 0) is 9.59 Å². The van der Waals surface area contributed by atoms with Crippen LogP contribution in [0.5, 0.6) is 0 Å². The fourth-order valence-electron chi connectivity index (χ4n) is 4.91. The molecule has 2 bridgehead atoms. The van der Waals surface area contributed by atoms with Gasteiger partial charge in [0.25, 0.3) is 0 Å². The first-order valence-corrected chi connectivity index (χ1v) is 8.18. The molecule has 2 amide bonds. The second kappa shape index (κ2) is 4.43. The Balaban J connectivity index is 1.36. The summed E-state index contributed by atoms with van der Waals surface area (Å²) < 4.78 is 12.9. The Hall–Kier alpha value is -2.17. The van der Waals surface area contributed by atoms with Crippen molar-refractivity contribution in [1.29, 1.82) is 0 Å². The molecule has 0 unspecified atom stereocenters. The third-order valence-corrected chi connectivity index (χ3v) is 6.04. The lowest BCUT2D eigenvalue weighted by Gasteiger charge is -2.37. The monoisotopic (exact) mass is 312 g/mol. The summed E-state index contributed by atoms with van der Waals surface area (Å²) in [5.74, 6) is 1.04. The van der Waals surface area contributed by atoms with Crippen LogP contribution in [0, 0.1) is 41.3 Å². The molecule has 0 aromatic heterocycles. The summed E-state index contributed by atoms with van der Waals surface area (Å²) in [6, 6.07) is 5.92. The van der Waals surface area contributed by atoms with Crippen LogP contribution >= 0.6 is 0 Å². The molecule has 3 fully saturated rings. The van der Waals surface area contributed by atoms with Crippen LogP contribution in [0.2, 0.25) is 0 Å². The van der Waals surface area contributed by atoms with Crippen LogP contribution in [0.25, 0.3) is 0 Å². The summed E-state index contributed by atoms with van der Waals surface area (Å²) in [4.78, 5) is 26.9. The molecule has 1 saturated heterocycles. The van der Waals surface area contributed by atoms with Gasteiger partial charge in [-0.05, 0) is 54.4 Å². The van der Waals surface area contributed by atoms with Gasteiger partial charge in [0.2, 0.25) is 11.8 Å². The molecular weight excluding hydrogens is 295 g/mol. The quantitative estimate of drug-likeness (QED) is 0.688. The summed E-state index contributed by atoms with van der Waals surface area (Å²) in [7, 11) is 0. The smallest absolute Gasteiger partial charge is 0.235 e. The average Bonchev–Trinajstić information content (AvgIpc) is 3.33. The molecule has 1 aromatic carbocycles. The lowest BCUT2D eigenvalue weighted by molar-refractivity contribution is -0.139. The first-order valence-electron chi connectivity index (χ1n) is 8.18. The normalized spacial score (nSPS) is 39.4. The van der Waals surface area contributed by atoms with Crippen molar-refractivity contribution in [1.82, 2.24) is 4.90 Å². The Kier molecular flexibility index (Phi) is 2.56. The number of halogens is 1. The Morgan fingerprint density at radius 2 is 1.57 bits per heavy atom. The van der Waals surface area contributed by atoms with Gasteiger partial charge in [0.1, 0.15) is 5.82 Å². The van der Waals surface area contributed by atoms with Gasteiger partial charge in [-0.25, -0.2) is 4.39 Å². The molecule has 1 heterocycles. The van der Waals surface area contributed by atoms with E-state index >= 15 is 0 Å². The van der Waals surface area contributed by atoms with Crippen LogP contribution in [0.1, 0.15) is 6.42 Å². The Morgan fingerprint density at radius 1 is 1.00 bits per heavy atom. The van der Waals surface area contributed by atoms with Gasteiger partial charge in [0, 0.05) is 5.69 Å². The van der Waals surface area contributed by atoms with Crippen molar-refractivity contribution in [3.63, 3.8) is 0 Å². The number of imide groups is 1. The summed E-state index contributed by atoms with van der Waals surface area (Å²) >= 11 is 0. The van der Waals surface area contributed by atoms with E-state index in [0.717, 1.165) is 0 Å². The van der Waals surface area contributed by atoms with Gasteiger partial charge >= 0.3 is 0 Å². The summed E-state index contributed by atoms with van der Waals surface area (Å²) in [6.45, 7) is 0.158. The van der Waals surface area contributed by atoms with Crippen LogP contribution in [0.3, 0.4) is 0 Å². The molecule has 118 valence electrons. The van der Waals surface area contributed by atoms with E-state index in [9.17, 15) is 14.0 Å². The van der Waals surface area contributed by atoms with E-state index < -0.39 is 0 Å². The van der Waals surface area contributed by atoms with Crippen molar-refractivity contribution in [2.45, 2.75) is 6.42 Å². The van der Waals surface area contributed by atoms with E-state index in [0.29, 0.717) is 17.5 Å². The second-order valence-electron chi connectivity index (χ2n) is 7.10. The van der Waals surface area contributed by atoms with Crippen molar-refractivity contribution in [3.8, 4) is 0 Å². The van der Waals surface area contributed by atoms with Gasteiger partial charge in [-0.2, -0.15) is 0 Å². The largest absolute Gasteiger partial charge is 0.367 e. The maximum absolute atomic E-state index is 12.9.